The van der Waals surface area contributed by atoms with Crippen LogP contribution in [0, 0.1) is 5.41 Å². The van der Waals surface area contributed by atoms with Gasteiger partial charge in [0.05, 0.1) is 0 Å². The Kier molecular flexibility index (Phi) is 3.88. The van der Waals surface area contributed by atoms with Crippen LogP contribution in [0.15, 0.2) is 18.2 Å². The molecule has 0 radical (unpaired) electrons. The van der Waals surface area contributed by atoms with E-state index in [4.69, 9.17) is 16.3 Å². The van der Waals surface area contributed by atoms with Crippen molar-refractivity contribution in [3.8, 4) is 5.75 Å². The minimum Gasteiger partial charge on any atom is -0.490 e. The predicted octanol–water partition coefficient (Wildman–Crippen LogP) is 4.19. The number of fused-ring (bicyclic) bond motifs is 1. The van der Waals surface area contributed by atoms with E-state index in [2.05, 4.69) is 26.1 Å². The van der Waals surface area contributed by atoms with Crippen LogP contribution in [0.3, 0.4) is 0 Å². The highest BCUT2D eigenvalue weighted by atomic mass is 35.5. The molecular weight excluding hydrogens is 246 g/mol. The summed E-state index contributed by atoms with van der Waals surface area (Å²) in [7, 11) is 1.99. The zero-order valence-electron chi connectivity index (χ0n) is 11.6. The number of nitrogens with one attached hydrogen (secondary N) is 1. The van der Waals surface area contributed by atoms with E-state index in [9.17, 15) is 0 Å². The molecule has 0 aliphatic carbocycles. The molecule has 0 aromatic heterocycles. The molecule has 1 aromatic carbocycles. The summed E-state index contributed by atoms with van der Waals surface area (Å²) < 4.78 is 6.10. The summed E-state index contributed by atoms with van der Waals surface area (Å²) in [6.07, 6.45) is 2.34. The van der Waals surface area contributed by atoms with Gasteiger partial charge in [0.1, 0.15) is 11.9 Å². The third-order valence-electron chi connectivity index (χ3n) is 3.33. The van der Waals surface area contributed by atoms with E-state index in [1.54, 1.807) is 0 Å². The molecule has 0 amide bonds. The molecule has 1 aromatic rings. The lowest BCUT2D eigenvalue weighted by molar-refractivity contribution is 0.107. The maximum Gasteiger partial charge on any atom is 0.124 e. The third kappa shape index (κ3) is 3.18. The maximum atomic E-state index is 6.10. The lowest BCUT2D eigenvalue weighted by Gasteiger charge is -2.35. The van der Waals surface area contributed by atoms with Crippen LogP contribution < -0.4 is 10.1 Å². The van der Waals surface area contributed by atoms with Crippen molar-refractivity contribution in [2.75, 3.05) is 7.05 Å². The largest absolute Gasteiger partial charge is 0.490 e. The highest BCUT2D eigenvalue weighted by Crippen LogP contribution is 2.39. The smallest absolute Gasteiger partial charge is 0.124 e. The van der Waals surface area contributed by atoms with Crippen LogP contribution in [0.2, 0.25) is 5.02 Å². The second kappa shape index (κ2) is 5.10. The molecule has 0 saturated carbocycles. The van der Waals surface area contributed by atoms with Crippen LogP contribution in [0.5, 0.6) is 5.75 Å². The van der Waals surface area contributed by atoms with Crippen LogP contribution in [-0.2, 0) is 0 Å². The molecule has 2 nitrogen and oxygen atoms in total. The molecule has 18 heavy (non-hydrogen) atoms. The van der Waals surface area contributed by atoms with Gasteiger partial charge in [-0.3, -0.25) is 0 Å². The van der Waals surface area contributed by atoms with Crippen molar-refractivity contribution in [2.24, 2.45) is 5.41 Å². The molecule has 0 bridgehead atoms. The first kappa shape index (κ1) is 13.7. The van der Waals surface area contributed by atoms with Crippen LogP contribution >= 0.6 is 11.6 Å². The van der Waals surface area contributed by atoms with Crippen LogP contribution in [0.25, 0.3) is 0 Å². The van der Waals surface area contributed by atoms with Gasteiger partial charge < -0.3 is 10.1 Å². The molecule has 0 fully saturated rings. The monoisotopic (exact) mass is 267 g/mol. The Bertz CT molecular complexity index is 425. The Morgan fingerprint density at radius 2 is 2.11 bits per heavy atom. The van der Waals surface area contributed by atoms with Gasteiger partial charge in [-0.15, -0.1) is 0 Å². The SMILES string of the molecule is CNC1CC(CC(C)(C)C)Oc2ccc(Cl)cc21. The molecule has 3 heteroatoms. The molecule has 2 atom stereocenters. The zero-order valence-corrected chi connectivity index (χ0v) is 12.3. The van der Waals surface area contributed by atoms with Gasteiger partial charge in [-0.2, -0.15) is 0 Å². The Hall–Kier alpha value is -0.730. The van der Waals surface area contributed by atoms with E-state index in [0.717, 1.165) is 23.6 Å². The minimum absolute atomic E-state index is 0.274. The summed E-state index contributed by atoms with van der Waals surface area (Å²) >= 11 is 6.06. The van der Waals surface area contributed by atoms with Gasteiger partial charge in [0.25, 0.3) is 0 Å². The summed E-state index contributed by atoms with van der Waals surface area (Å²) in [5.74, 6) is 0.972. The van der Waals surface area contributed by atoms with Crippen molar-refractivity contribution in [3.63, 3.8) is 0 Å². The molecule has 2 rings (SSSR count). The van der Waals surface area contributed by atoms with Gasteiger partial charge in [-0.25, -0.2) is 0 Å². The van der Waals surface area contributed by atoms with Crippen LogP contribution in [-0.4, -0.2) is 13.2 Å². The topological polar surface area (TPSA) is 21.3 Å². The van der Waals surface area contributed by atoms with Gasteiger partial charge in [-0.1, -0.05) is 32.4 Å². The Morgan fingerprint density at radius 3 is 2.72 bits per heavy atom. The van der Waals surface area contributed by atoms with Crippen molar-refractivity contribution < 1.29 is 4.74 Å². The predicted molar refractivity (Wildman–Crippen MR) is 76.4 cm³/mol. The fourth-order valence-corrected chi connectivity index (χ4v) is 2.78. The van der Waals surface area contributed by atoms with Gasteiger partial charge in [0, 0.05) is 23.0 Å². The average Bonchev–Trinajstić information content (AvgIpc) is 2.26. The quantitative estimate of drug-likeness (QED) is 0.868. The standard InChI is InChI=1S/C15H22ClNO/c1-15(2,3)9-11-8-13(17-4)12-7-10(16)5-6-14(12)18-11/h5-7,11,13,17H,8-9H2,1-4H3. The second-order valence-electron chi connectivity index (χ2n) is 6.26. The van der Waals surface area contributed by atoms with Crippen molar-refractivity contribution in [2.45, 2.75) is 45.8 Å². The first-order chi connectivity index (χ1) is 8.39. The van der Waals surface area contributed by atoms with Gasteiger partial charge in [-0.05, 0) is 37.1 Å². The van der Waals surface area contributed by atoms with E-state index >= 15 is 0 Å². The number of hydrogen-bond acceptors (Lipinski definition) is 2. The fraction of sp³-hybridized carbons (Fsp3) is 0.600. The fourth-order valence-electron chi connectivity index (χ4n) is 2.60. The van der Waals surface area contributed by atoms with E-state index in [1.807, 2.05) is 25.2 Å². The molecule has 1 heterocycles. The van der Waals surface area contributed by atoms with E-state index < -0.39 is 0 Å². The number of ether oxygens (including phenoxy) is 1. The van der Waals surface area contributed by atoms with Crippen LogP contribution in [0.4, 0.5) is 0 Å². The Morgan fingerprint density at radius 1 is 1.39 bits per heavy atom. The van der Waals surface area contributed by atoms with Crippen molar-refractivity contribution in [1.29, 1.82) is 0 Å². The summed E-state index contributed by atoms with van der Waals surface area (Å²) in [6, 6.07) is 6.22. The van der Waals surface area contributed by atoms with Gasteiger partial charge in [0.15, 0.2) is 0 Å². The first-order valence-electron chi connectivity index (χ1n) is 6.52. The van der Waals surface area contributed by atoms with E-state index in [1.165, 1.54) is 5.56 Å². The molecule has 100 valence electrons. The minimum atomic E-state index is 0.274. The van der Waals surface area contributed by atoms with Crippen molar-refractivity contribution in [1.82, 2.24) is 5.32 Å². The van der Waals surface area contributed by atoms with E-state index in [-0.39, 0.29) is 11.5 Å². The molecule has 1 aliphatic rings. The van der Waals surface area contributed by atoms with Crippen LogP contribution in [0.1, 0.15) is 45.2 Å². The zero-order chi connectivity index (χ0) is 13.3. The number of halogens is 1. The first-order valence-corrected chi connectivity index (χ1v) is 6.90. The Balaban J connectivity index is 2.23. The van der Waals surface area contributed by atoms with Gasteiger partial charge in [0.2, 0.25) is 0 Å². The summed E-state index contributed by atoms with van der Waals surface area (Å²) in [4.78, 5) is 0. The second-order valence-corrected chi connectivity index (χ2v) is 6.70. The normalized spacial score (nSPS) is 23.4. The summed E-state index contributed by atoms with van der Waals surface area (Å²) in [5, 5.41) is 4.13. The van der Waals surface area contributed by atoms with Crippen molar-refractivity contribution >= 4 is 11.6 Å². The lowest BCUT2D eigenvalue weighted by Crippen LogP contribution is -2.33. The molecule has 2 unspecified atom stereocenters. The van der Waals surface area contributed by atoms with Crippen molar-refractivity contribution in [3.05, 3.63) is 28.8 Å². The summed E-state index contributed by atoms with van der Waals surface area (Å²) in [5.41, 5.74) is 1.46. The highest BCUT2D eigenvalue weighted by Gasteiger charge is 2.30. The van der Waals surface area contributed by atoms with E-state index in [0.29, 0.717) is 6.04 Å². The average molecular weight is 268 g/mol. The molecule has 1 N–H and O–H groups in total. The molecular formula is C15H22ClNO. The third-order valence-corrected chi connectivity index (χ3v) is 3.56. The highest BCUT2D eigenvalue weighted by molar-refractivity contribution is 6.30. The van der Waals surface area contributed by atoms with Gasteiger partial charge >= 0.3 is 0 Å². The molecule has 0 spiro atoms. The molecule has 0 saturated heterocycles. The maximum absolute atomic E-state index is 6.10. The summed E-state index contributed by atoms with van der Waals surface area (Å²) in [6.45, 7) is 6.76. The number of rotatable bonds is 2. The molecule has 1 aliphatic heterocycles. The number of benzene rings is 1. The number of hydrogen-bond donors (Lipinski definition) is 1. The lowest BCUT2D eigenvalue weighted by atomic mass is 9.85. The Labute approximate surface area is 115 Å².